The normalized spacial score (nSPS) is 15.5. The van der Waals surface area contributed by atoms with Gasteiger partial charge in [-0.1, -0.05) is 25.9 Å². The first kappa shape index (κ1) is 21.1. The Bertz CT molecular complexity index is 839. The molecular formula is C21H28FN3O4. The number of carboxylic acids is 1. The van der Waals surface area contributed by atoms with E-state index < -0.39 is 11.8 Å². The van der Waals surface area contributed by atoms with E-state index in [0.29, 0.717) is 24.3 Å². The molecule has 7 nitrogen and oxygen atoms in total. The summed E-state index contributed by atoms with van der Waals surface area (Å²) in [6.45, 7) is 8.43. The van der Waals surface area contributed by atoms with Crippen molar-refractivity contribution in [1.29, 1.82) is 0 Å². The Hall–Kier alpha value is -2.64. The van der Waals surface area contributed by atoms with Crippen LogP contribution in [0.25, 0.3) is 0 Å². The first-order valence-electron chi connectivity index (χ1n) is 9.99. The maximum absolute atomic E-state index is 13.7. The van der Waals surface area contributed by atoms with E-state index in [2.05, 4.69) is 35.8 Å². The number of ether oxygens (including phenoxy) is 1. The second kappa shape index (κ2) is 8.80. The van der Waals surface area contributed by atoms with E-state index in [1.165, 1.54) is 12.1 Å². The molecule has 0 amide bonds. The zero-order chi connectivity index (χ0) is 21.0. The summed E-state index contributed by atoms with van der Waals surface area (Å²) < 4.78 is 24.6. The van der Waals surface area contributed by atoms with E-state index in [9.17, 15) is 9.18 Å². The molecule has 0 bridgehead atoms. The summed E-state index contributed by atoms with van der Waals surface area (Å²) in [6.07, 6.45) is 3.99. The maximum Gasteiger partial charge on any atom is 0.338 e. The average molecular weight is 405 g/mol. The number of benzene rings is 1. The lowest BCUT2D eigenvalue weighted by molar-refractivity contribution is 0.0692. The summed E-state index contributed by atoms with van der Waals surface area (Å²) in [5.41, 5.74) is -0.475. The molecule has 1 aromatic carbocycles. The molecule has 3 rings (SSSR count). The number of carboxylic acid groups (broad SMARTS) is 1. The van der Waals surface area contributed by atoms with Crippen LogP contribution in [0.5, 0.6) is 5.75 Å². The molecule has 0 saturated carbocycles. The van der Waals surface area contributed by atoms with Crippen molar-refractivity contribution in [3.05, 3.63) is 35.4 Å². The largest absolute Gasteiger partial charge is 0.493 e. The molecular weight excluding hydrogens is 377 g/mol. The maximum atomic E-state index is 13.7. The molecule has 1 saturated heterocycles. The summed E-state index contributed by atoms with van der Waals surface area (Å²) in [4.78, 5) is 17.5. The quantitative estimate of drug-likeness (QED) is 0.688. The Kier molecular flexibility index (Phi) is 6.39. The predicted octanol–water partition coefficient (Wildman–Crippen LogP) is 4.28. The molecule has 2 aromatic rings. The molecule has 0 radical (unpaired) electrons. The van der Waals surface area contributed by atoms with Gasteiger partial charge < -0.3 is 19.3 Å². The second-order valence-electron chi connectivity index (χ2n) is 8.52. The van der Waals surface area contributed by atoms with Crippen molar-refractivity contribution in [3.63, 3.8) is 0 Å². The van der Waals surface area contributed by atoms with E-state index in [-0.39, 0.29) is 11.0 Å². The van der Waals surface area contributed by atoms with Crippen LogP contribution in [-0.2, 0) is 5.41 Å². The van der Waals surface area contributed by atoms with Gasteiger partial charge in [-0.25, -0.2) is 9.18 Å². The third-order valence-corrected chi connectivity index (χ3v) is 5.17. The first-order chi connectivity index (χ1) is 13.7. The van der Waals surface area contributed by atoms with Gasteiger partial charge in [0.15, 0.2) is 5.82 Å². The van der Waals surface area contributed by atoms with Crippen LogP contribution < -0.4 is 9.64 Å². The smallest absolute Gasteiger partial charge is 0.338 e. The summed E-state index contributed by atoms with van der Waals surface area (Å²) in [6, 6.07) is 4.44. The number of aromatic carboxylic acids is 1. The first-order valence-corrected chi connectivity index (χ1v) is 9.99. The van der Waals surface area contributed by atoms with Crippen molar-refractivity contribution in [2.45, 2.75) is 51.9 Å². The number of anilines is 1. The number of carbonyl (C=O) groups is 1. The van der Waals surface area contributed by atoms with Gasteiger partial charge in [0.1, 0.15) is 11.6 Å². The minimum Gasteiger partial charge on any atom is -0.493 e. The zero-order valence-corrected chi connectivity index (χ0v) is 17.2. The molecule has 0 spiro atoms. The Balaban J connectivity index is 1.39. The van der Waals surface area contributed by atoms with Gasteiger partial charge in [0, 0.05) is 24.6 Å². The molecule has 1 fully saturated rings. The molecule has 1 aliphatic rings. The van der Waals surface area contributed by atoms with Gasteiger partial charge in [-0.3, -0.25) is 0 Å². The summed E-state index contributed by atoms with van der Waals surface area (Å²) >= 11 is 0. The topological polar surface area (TPSA) is 88.7 Å². The van der Waals surface area contributed by atoms with Gasteiger partial charge >= 0.3 is 12.0 Å². The lowest BCUT2D eigenvalue weighted by Crippen LogP contribution is -2.34. The number of rotatable bonds is 7. The molecule has 0 atom stereocenters. The third kappa shape index (κ3) is 5.46. The van der Waals surface area contributed by atoms with Crippen molar-refractivity contribution in [3.8, 4) is 5.75 Å². The van der Waals surface area contributed by atoms with Crippen LogP contribution >= 0.6 is 0 Å². The fourth-order valence-electron chi connectivity index (χ4n) is 3.38. The van der Waals surface area contributed by atoms with Crippen molar-refractivity contribution in [2.24, 2.45) is 5.92 Å². The lowest BCUT2D eigenvalue weighted by Gasteiger charge is -2.30. The monoisotopic (exact) mass is 405 g/mol. The highest BCUT2D eigenvalue weighted by atomic mass is 19.1. The summed E-state index contributed by atoms with van der Waals surface area (Å²) in [7, 11) is 0. The molecule has 1 N–H and O–H groups in total. The number of hydrogen-bond acceptors (Lipinski definition) is 6. The fraction of sp³-hybridized carbons (Fsp3) is 0.571. The van der Waals surface area contributed by atoms with Crippen molar-refractivity contribution in [1.82, 2.24) is 10.1 Å². The SMILES string of the molecule is CC(C)(C)c1noc(N2CCC(CCCOc3ccc(C(=O)O)c(F)c3)CC2)n1. The van der Waals surface area contributed by atoms with Gasteiger partial charge in [0.25, 0.3) is 0 Å². The highest BCUT2D eigenvalue weighted by Gasteiger charge is 2.26. The molecule has 0 aliphatic carbocycles. The molecule has 8 heteroatoms. The van der Waals surface area contributed by atoms with E-state index in [1.807, 2.05) is 0 Å². The lowest BCUT2D eigenvalue weighted by atomic mass is 9.92. The standard InChI is InChI=1S/C21H28FN3O4/c1-21(2,3)19-23-20(29-24-19)25-10-8-14(9-11-25)5-4-12-28-15-6-7-16(18(26)27)17(22)13-15/h6-7,13-14H,4-5,8-12H2,1-3H3,(H,26,27). The van der Waals surface area contributed by atoms with Crippen LogP contribution in [0.2, 0.25) is 0 Å². The van der Waals surface area contributed by atoms with Crippen LogP contribution in [-0.4, -0.2) is 40.9 Å². The number of nitrogens with zero attached hydrogens (tertiary/aromatic N) is 3. The van der Waals surface area contributed by atoms with E-state index in [4.69, 9.17) is 14.4 Å². The average Bonchev–Trinajstić information content (AvgIpc) is 3.16. The van der Waals surface area contributed by atoms with Crippen LogP contribution in [0.15, 0.2) is 22.7 Å². The van der Waals surface area contributed by atoms with Crippen molar-refractivity contribution >= 4 is 12.0 Å². The third-order valence-electron chi connectivity index (χ3n) is 5.17. The Labute approximate surface area is 169 Å². The van der Waals surface area contributed by atoms with Gasteiger partial charge in [0.2, 0.25) is 0 Å². The number of hydrogen-bond donors (Lipinski definition) is 1. The van der Waals surface area contributed by atoms with E-state index in [1.54, 1.807) is 0 Å². The van der Waals surface area contributed by atoms with Crippen molar-refractivity contribution in [2.75, 3.05) is 24.6 Å². The molecule has 2 heterocycles. The Morgan fingerprint density at radius 2 is 2.07 bits per heavy atom. The Morgan fingerprint density at radius 1 is 1.34 bits per heavy atom. The molecule has 1 aliphatic heterocycles. The zero-order valence-electron chi connectivity index (χ0n) is 17.2. The number of halogens is 1. The minimum absolute atomic E-state index is 0.128. The van der Waals surface area contributed by atoms with Crippen LogP contribution in [0.4, 0.5) is 10.4 Å². The Morgan fingerprint density at radius 3 is 2.66 bits per heavy atom. The van der Waals surface area contributed by atoms with E-state index >= 15 is 0 Å². The minimum atomic E-state index is -1.28. The van der Waals surface area contributed by atoms with Crippen LogP contribution in [0.3, 0.4) is 0 Å². The van der Waals surface area contributed by atoms with Gasteiger partial charge in [-0.15, -0.1) is 0 Å². The summed E-state index contributed by atoms with van der Waals surface area (Å²) in [5, 5.41) is 12.9. The van der Waals surface area contributed by atoms with Crippen LogP contribution in [0, 0.1) is 11.7 Å². The van der Waals surface area contributed by atoms with E-state index in [0.717, 1.165) is 50.7 Å². The number of piperidine rings is 1. The highest BCUT2D eigenvalue weighted by molar-refractivity contribution is 5.88. The van der Waals surface area contributed by atoms with Gasteiger partial charge in [-0.05, 0) is 43.7 Å². The van der Waals surface area contributed by atoms with Gasteiger partial charge in [-0.2, -0.15) is 4.98 Å². The second-order valence-corrected chi connectivity index (χ2v) is 8.52. The van der Waals surface area contributed by atoms with Crippen LogP contribution in [0.1, 0.15) is 62.6 Å². The van der Waals surface area contributed by atoms with Gasteiger partial charge in [0.05, 0.1) is 12.2 Å². The molecule has 1 aromatic heterocycles. The number of aromatic nitrogens is 2. The predicted molar refractivity (Wildman–Crippen MR) is 106 cm³/mol. The fourth-order valence-corrected chi connectivity index (χ4v) is 3.38. The highest BCUT2D eigenvalue weighted by Crippen LogP contribution is 2.27. The summed E-state index contributed by atoms with van der Waals surface area (Å²) in [5.74, 6) is -0.382. The molecule has 158 valence electrons. The van der Waals surface area contributed by atoms with Crippen molar-refractivity contribution < 1.29 is 23.6 Å². The molecule has 29 heavy (non-hydrogen) atoms. The molecule has 0 unspecified atom stereocenters.